The maximum Gasteiger partial charge on any atom is 0.272 e. The molecule has 3 rings (SSSR count). The number of halogens is 1. The number of terminal acetylenes is 1. The van der Waals surface area contributed by atoms with Crippen molar-refractivity contribution >= 4 is 28.8 Å². The molecular weight excluding hydrogens is 373 g/mol. The molecule has 7 heteroatoms. The van der Waals surface area contributed by atoms with Crippen molar-refractivity contribution in [3.63, 3.8) is 0 Å². The lowest BCUT2D eigenvalue weighted by atomic mass is 9.98. The highest BCUT2D eigenvalue weighted by Crippen LogP contribution is 2.31. The number of nitrogens with zero attached hydrogens (tertiary/aromatic N) is 2. The van der Waals surface area contributed by atoms with Gasteiger partial charge in [0.25, 0.3) is 5.91 Å². The predicted molar refractivity (Wildman–Crippen MR) is 106 cm³/mol. The molecule has 6 nitrogen and oxygen atoms in total. The number of amides is 1. The number of aromatic nitrogens is 1. The van der Waals surface area contributed by atoms with E-state index in [1.54, 1.807) is 11.5 Å². The third kappa shape index (κ3) is 3.68. The molecule has 1 N–H and O–H groups in total. The Kier molecular flexibility index (Phi) is 5.61. The second kappa shape index (κ2) is 8.12. The number of anilines is 1. The summed E-state index contributed by atoms with van der Waals surface area (Å²) in [4.78, 5) is 40.9. The summed E-state index contributed by atoms with van der Waals surface area (Å²) in [5.74, 6) is -0.00373. The Morgan fingerprint density at radius 2 is 2.14 bits per heavy atom. The van der Waals surface area contributed by atoms with Gasteiger partial charge in [-0.1, -0.05) is 0 Å². The third-order valence-electron chi connectivity index (χ3n) is 4.93. The van der Waals surface area contributed by atoms with Crippen LogP contribution in [0.3, 0.4) is 0 Å². The summed E-state index contributed by atoms with van der Waals surface area (Å²) in [6.07, 6.45) is 6.67. The van der Waals surface area contributed by atoms with E-state index in [0.29, 0.717) is 29.9 Å². The van der Waals surface area contributed by atoms with Crippen molar-refractivity contribution in [2.75, 3.05) is 5.32 Å². The van der Waals surface area contributed by atoms with E-state index in [-0.39, 0.29) is 29.8 Å². The van der Waals surface area contributed by atoms with Gasteiger partial charge in [0.05, 0.1) is 12.1 Å². The van der Waals surface area contributed by atoms with Gasteiger partial charge in [0.15, 0.2) is 0 Å². The van der Waals surface area contributed by atoms with E-state index < -0.39 is 23.3 Å². The van der Waals surface area contributed by atoms with Crippen LogP contribution in [0.2, 0.25) is 0 Å². The summed E-state index contributed by atoms with van der Waals surface area (Å²) in [6, 6.07) is 3.72. The van der Waals surface area contributed by atoms with Crippen LogP contribution in [-0.2, 0) is 17.8 Å². The first kappa shape index (κ1) is 20.0. The highest BCUT2D eigenvalue weighted by molar-refractivity contribution is 6.44. The molecule has 0 bridgehead atoms. The molecule has 0 unspecified atom stereocenters. The minimum atomic E-state index is -0.670. The fraction of sp³-hybridized carbons (Fsp3) is 0.273. The quantitative estimate of drug-likeness (QED) is 0.352. The first-order chi connectivity index (χ1) is 13.9. The van der Waals surface area contributed by atoms with Crippen LogP contribution in [0.4, 0.5) is 15.8 Å². The first-order valence-electron chi connectivity index (χ1n) is 9.10. The number of rotatable bonds is 6. The van der Waals surface area contributed by atoms with Gasteiger partial charge in [-0.15, -0.1) is 12.3 Å². The number of benzene rings is 1. The lowest BCUT2D eigenvalue weighted by Crippen LogP contribution is -2.18. The Labute approximate surface area is 167 Å². The van der Waals surface area contributed by atoms with Gasteiger partial charge < -0.3 is 9.88 Å². The van der Waals surface area contributed by atoms with Crippen molar-refractivity contribution in [3.05, 3.63) is 57.9 Å². The summed E-state index contributed by atoms with van der Waals surface area (Å²) in [6.45, 7) is 9.18. The number of hydrogen-bond acceptors (Lipinski definition) is 3. The monoisotopic (exact) mass is 391 g/mol. The van der Waals surface area contributed by atoms with Crippen LogP contribution >= 0.6 is 0 Å². The van der Waals surface area contributed by atoms with Crippen LogP contribution in [0, 0.1) is 31.7 Å². The number of ketones is 2. The summed E-state index contributed by atoms with van der Waals surface area (Å²) in [5.41, 5.74) is 1.74. The standard InChI is InChI=1S/C22H18FN3O3/c1-4-5-8-18(27)21(28)19-13(2)20(26-11-6-7-17(19)26)22(29)25-14-9-10-15(23)16(12-14)24-3/h1,9-10,12H,5-8,11H2,2H3,(H,25,29). The highest BCUT2D eigenvalue weighted by atomic mass is 19.1. The molecule has 0 saturated heterocycles. The average Bonchev–Trinajstić information content (AvgIpc) is 3.26. The molecule has 0 atom stereocenters. The van der Waals surface area contributed by atoms with Crippen molar-refractivity contribution in [1.82, 2.24) is 4.57 Å². The molecule has 1 aromatic heterocycles. The van der Waals surface area contributed by atoms with Crippen LogP contribution in [0.15, 0.2) is 18.2 Å². The van der Waals surface area contributed by atoms with Gasteiger partial charge in [-0.3, -0.25) is 14.4 Å². The van der Waals surface area contributed by atoms with Gasteiger partial charge in [-0.05, 0) is 43.5 Å². The Bertz CT molecular complexity index is 1120. The minimum absolute atomic E-state index is 0.0318. The van der Waals surface area contributed by atoms with E-state index >= 15 is 0 Å². The molecule has 146 valence electrons. The van der Waals surface area contributed by atoms with Crippen LogP contribution < -0.4 is 5.32 Å². The van der Waals surface area contributed by atoms with Gasteiger partial charge in [-0.25, -0.2) is 9.24 Å². The number of fused-ring (bicyclic) bond motifs is 1. The van der Waals surface area contributed by atoms with Crippen molar-refractivity contribution in [2.24, 2.45) is 0 Å². The molecule has 2 heterocycles. The van der Waals surface area contributed by atoms with Crippen LogP contribution in [0.25, 0.3) is 4.85 Å². The number of Topliss-reactive ketones (excluding diaryl/α,β-unsaturated/α-hetero) is 2. The minimum Gasteiger partial charge on any atom is -0.340 e. The molecule has 0 radical (unpaired) electrons. The summed E-state index contributed by atoms with van der Waals surface area (Å²) >= 11 is 0. The van der Waals surface area contributed by atoms with Crippen molar-refractivity contribution in [3.8, 4) is 12.3 Å². The fourth-order valence-electron chi connectivity index (χ4n) is 3.62. The Hall–Kier alpha value is -3.71. The lowest BCUT2D eigenvalue weighted by molar-refractivity contribution is -0.115. The molecule has 1 aliphatic heterocycles. The number of hydrogen-bond donors (Lipinski definition) is 1. The zero-order valence-corrected chi connectivity index (χ0v) is 15.8. The molecular formula is C22H18FN3O3. The van der Waals surface area contributed by atoms with E-state index in [4.69, 9.17) is 13.0 Å². The molecule has 1 aliphatic rings. The molecule has 0 aliphatic carbocycles. The normalized spacial score (nSPS) is 12.0. The van der Waals surface area contributed by atoms with Crippen molar-refractivity contribution in [2.45, 2.75) is 39.2 Å². The van der Waals surface area contributed by atoms with Gasteiger partial charge in [0, 0.05) is 30.8 Å². The van der Waals surface area contributed by atoms with E-state index in [0.717, 1.165) is 12.5 Å². The van der Waals surface area contributed by atoms with E-state index in [2.05, 4.69) is 16.1 Å². The average molecular weight is 391 g/mol. The number of nitrogens with one attached hydrogen (secondary N) is 1. The maximum atomic E-state index is 13.5. The van der Waals surface area contributed by atoms with E-state index in [9.17, 15) is 18.8 Å². The van der Waals surface area contributed by atoms with Crippen molar-refractivity contribution in [1.29, 1.82) is 0 Å². The van der Waals surface area contributed by atoms with E-state index in [1.807, 2.05) is 0 Å². The van der Waals surface area contributed by atoms with Gasteiger partial charge in [0.1, 0.15) is 11.5 Å². The molecule has 0 fully saturated rings. The molecule has 2 aromatic rings. The summed E-state index contributed by atoms with van der Waals surface area (Å²) in [5, 5.41) is 2.65. The molecule has 0 spiro atoms. The lowest BCUT2D eigenvalue weighted by Gasteiger charge is -2.09. The largest absolute Gasteiger partial charge is 0.340 e. The van der Waals surface area contributed by atoms with Crippen molar-refractivity contribution < 1.29 is 18.8 Å². The second-order valence-electron chi connectivity index (χ2n) is 6.74. The smallest absolute Gasteiger partial charge is 0.272 e. The predicted octanol–water partition coefficient (Wildman–Crippen LogP) is 3.85. The number of carbonyl (C=O) groups is 3. The fourth-order valence-corrected chi connectivity index (χ4v) is 3.62. The molecule has 29 heavy (non-hydrogen) atoms. The van der Waals surface area contributed by atoms with Crippen LogP contribution in [0.5, 0.6) is 0 Å². The van der Waals surface area contributed by atoms with Gasteiger partial charge in [0.2, 0.25) is 17.3 Å². The van der Waals surface area contributed by atoms with Gasteiger partial charge >= 0.3 is 0 Å². The van der Waals surface area contributed by atoms with E-state index in [1.165, 1.54) is 12.1 Å². The zero-order chi connectivity index (χ0) is 21.1. The third-order valence-corrected chi connectivity index (χ3v) is 4.93. The zero-order valence-electron chi connectivity index (χ0n) is 15.8. The highest BCUT2D eigenvalue weighted by Gasteiger charge is 2.32. The molecule has 1 aromatic carbocycles. The maximum absolute atomic E-state index is 13.5. The Morgan fingerprint density at radius 1 is 1.38 bits per heavy atom. The topological polar surface area (TPSA) is 72.5 Å². The summed E-state index contributed by atoms with van der Waals surface area (Å²) < 4.78 is 15.3. The second-order valence-corrected chi connectivity index (χ2v) is 6.74. The SMILES string of the molecule is [C-]#[N+]c1cc(NC(=O)c2c(C)c(C(=O)C(=O)CCC#C)c3n2CCC3)ccc1F. The van der Waals surface area contributed by atoms with Crippen LogP contribution in [0.1, 0.15) is 51.4 Å². The Balaban J connectivity index is 1.96. The van der Waals surface area contributed by atoms with Gasteiger partial charge in [-0.2, -0.15) is 0 Å². The molecule has 0 saturated carbocycles. The van der Waals surface area contributed by atoms with Crippen LogP contribution in [-0.4, -0.2) is 22.0 Å². The summed E-state index contributed by atoms with van der Waals surface area (Å²) in [7, 11) is 0. The first-order valence-corrected chi connectivity index (χ1v) is 9.10. The Morgan fingerprint density at radius 3 is 2.83 bits per heavy atom. The number of carbonyl (C=O) groups excluding carboxylic acids is 3. The molecule has 1 amide bonds.